The highest BCUT2D eigenvalue weighted by molar-refractivity contribution is 7.90. The number of halogens is 3. The van der Waals surface area contributed by atoms with Crippen molar-refractivity contribution in [1.82, 2.24) is 24.8 Å². The van der Waals surface area contributed by atoms with Gasteiger partial charge in [-0.25, -0.2) is 13.1 Å². The average molecular weight is 589 g/mol. The first-order valence-electron chi connectivity index (χ1n) is 12.1. The van der Waals surface area contributed by atoms with Gasteiger partial charge in [-0.2, -0.15) is 13.2 Å². The van der Waals surface area contributed by atoms with Gasteiger partial charge in [-0.1, -0.05) is 17.9 Å². The number of piperazine rings is 1. The quantitative estimate of drug-likeness (QED) is 0.413. The number of benzene rings is 1. The molecule has 41 heavy (non-hydrogen) atoms. The van der Waals surface area contributed by atoms with Gasteiger partial charge < -0.3 is 14.9 Å². The normalized spacial score (nSPS) is 13.7. The Labute approximate surface area is 233 Å². The number of carbonyl (C=O) groups is 2. The third-order valence-corrected chi connectivity index (χ3v) is 7.10. The molecule has 1 fully saturated rings. The van der Waals surface area contributed by atoms with Gasteiger partial charge in [0.15, 0.2) is 11.5 Å². The smallest absolute Gasteiger partial charge is 0.390 e. The number of nitrogens with one attached hydrogen (secondary N) is 1. The van der Waals surface area contributed by atoms with E-state index < -0.39 is 34.3 Å². The van der Waals surface area contributed by atoms with Crippen LogP contribution in [0.25, 0.3) is 0 Å². The molecular formula is C26H23F3N6O5S. The summed E-state index contributed by atoms with van der Waals surface area (Å²) >= 11 is 0. The van der Waals surface area contributed by atoms with Gasteiger partial charge in [-0.05, 0) is 36.4 Å². The fourth-order valence-corrected chi connectivity index (χ4v) is 4.77. The van der Waals surface area contributed by atoms with E-state index in [9.17, 15) is 36.3 Å². The second-order valence-electron chi connectivity index (χ2n) is 8.93. The van der Waals surface area contributed by atoms with E-state index in [0.29, 0.717) is 48.7 Å². The minimum atomic E-state index is -4.68. The zero-order valence-electron chi connectivity index (χ0n) is 21.3. The number of nitrogens with zero attached hydrogens (tertiary/aromatic N) is 5. The molecule has 0 radical (unpaired) electrons. The lowest BCUT2D eigenvalue weighted by molar-refractivity contribution is -0.130. The summed E-state index contributed by atoms with van der Waals surface area (Å²) < 4.78 is 61.9. The summed E-state index contributed by atoms with van der Waals surface area (Å²) in [7, 11) is -4.51. The number of aromatic nitrogens is 3. The Balaban J connectivity index is 1.32. The number of hydrogen-bond donors (Lipinski definition) is 2. The summed E-state index contributed by atoms with van der Waals surface area (Å²) in [6.07, 6.45) is -3.29. The van der Waals surface area contributed by atoms with E-state index in [1.165, 1.54) is 36.7 Å². The van der Waals surface area contributed by atoms with E-state index in [2.05, 4.69) is 27.0 Å². The molecule has 1 aliphatic heterocycles. The molecule has 11 nitrogen and oxygen atoms in total. The third-order valence-electron chi connectivity index (χ3n) is 5.86. The number of phenols is 1. The van der Waals surface area contributed by atoms with Gasteiger partial charge in [-0.3, -0.25) is 14.6 Å². The minimum absolute atomic E-state index is 0.0965. The van der Waals surface area contributed by atoms with Crippen LogP contribution in [0.5, 0.6) is 5.75 Å². The van der Waals surface area contributed by atoms with E-state index in [4.69, 9.17) is 0 Å². The minimum Gasteiger partial charge on any atom is -0.508 e. The molecule has 214 valence electrons. The van der Waals surface area contributed by atoms with Crippen LogP contribution in [0.2, 0.25) is 0 Å². The van der Waals surface area contributed by atoms with Gasteiger partial charge in [-0.15, -0.1) is 10.2 Å². The molecule has 0 spiro atoms. The Bertz CT molecular complexity index is 1600. The molecule has 1 aromatic carbocycles. The maximum absolute atomic E-state index is 13.1. The SMILES string of the molecule is O=C(NS(=O)(=O)CCC(F)(F)F)c1ccc(N2CCN(C(=O)c3cncc(C#Cc4cccc(O)c4)c3)CC2)nn1. The van der Waals surface area contributed by atoms with Gasteiger partial charge >= 0.3 is 6.18 Å². The lowest BCUT2D eigenvalue weighted by Gasteiger charge is -2.35. The second kappa shape index (κ2) is 12.2. The van der Waals surface area contributed by atoms with Crippen molar-refractivity contribution >= 4 is 27.7 Å². The van der Waals surface area contributed by atoms with Crippen LogP contribution in [0.15, 0.2) is 54.9 Å². The van der Waals surface area contributed by atoms with Crippen molar-refractivity contribution in [2.24, 2.45) is 0 Å². The summed E-state index contributed by atoms with van der Waals surface area (Å²) in [5, 5.41) is 17.2. The number of pyridine rings is 1. The summed E-state index contributed by atoms with van der Waals surface area (Å²) in [6, 6.07) is 10.8. The molecule has 0 unspecified atom stereocenters. The maximum atomic E-state index is 13.1. The highest BCUT2D eigenvalue weighted by Crippen LogP contribution is 2.20. The predicted octanol–water partition coefficient (Wildman–Crippen LogP) is 1.95. The molecule has 0 saturated carbocycles. The Morgan fingerprint density at radius 3 is 2.37 bits per heavy atom. The molecule has 4 rings (SSSR count). The highest BCUT2D eigenvalue weighted by atomic mass is 32.2. The number of aromatic hydroxyl groups is 1. The van der Waals surface area contributed by atoms with Gasteiger partial charge in [0.05, 0.1) is 17.7 Å². The Hall–Kier alpha value is -4.71. The maximum Gasteiger partial charge on any atom is 0.390 e. The molecule has 15 heteroatoms. The second-order valence-corrected chi connectivity index (χ2v) is 10.8. The number of hydrogen-bond acceptors (Lipinski definition) is 9. The molecule has 3 aromatic rings. The predicted molar refractivity (Wildman–Crippen MR) is 140 cm³/mol. The Morgan fingerprint density at radius 2 is 1.71 bits per heavy atom. The van der Waals surface area contributed by atoms with Gasteiger partial charge in [0.2, 0.25) is 10.0 Å². The molecule has 2 aromatic heterocycles. The van der Waals surface area contributed by atoms with Crippen LogP contribution in [-0.2, 0) is 10.0 Å². The molecule has 0 bridgehead atoms. The zero-order valence-corrected chi connectivity index (χ0v) is 22.1. The Morgan fingerprint density at radius 1 is 0.976 bits per heavy atom. The van der Waals surface area contributed by atoms with Crippen molar-refractivity contribution < 1.29 is 36.3 Å². The zero-order chi connectivity index (χ0) is 29.6. The molecule has 0 aliphatic carbocycles. The molecule has 1 saturated heterocycles. The van der Waals surface area contributed by atoms with Gasteiger partial charge in [0, 0.05) is 49.7 Å². The van der Waals surface area contributed by atoms with Crippen LogP contribution >= 0.6 is 0 Å². The molecule has 2 amide bonds. The van der Waals surface area contributed by atoms with Crippen LogP contribution in [-0.4, -0.2) is 83.5 Å². The molecule has 1 aliphatic rings. The number of amides is 2. The van der Waals surface area contributed by atoms with Crippen molar-refractivity contribution in [3.63, 3.8) is 0 Å². The van der Waals surface area contributed by atoms with Gasteiger partial charge in [0.25, 0.3) is 11.8 Å². The lowest BCUT2D eigenvalue weighted by atomic mass is 10.1. The Kier molecular flexibility index (Phi) is 8.72. The first-order valence-corrected chi connectivity index (χ1v) is 13.8. The molecular weight excluding hydrogens is 565 g/mol. The number of anilines is 1. The van der Waals surface area contributed by atoms with E-state index >= 15 is 0 Å². The number of sulfonamides is 1. The fourth-order valence-electron chi connectivity index (χ4n) is 3.78. The van der Waals surface area contributed by atoms with Crippen molar-refractivity contribution in [2.45, 2.75) is 12.6 Å². The van der Waals surface area contributed by atoms with Crippen LogP contribution in [0.3, 0.4) is 0 Å². The number of carbonyl (C=O) groups excluding carboxylic acids is 2. The van der Waals surface area contributed by atoms with Crippen molar-refractivity contribution in [1.29, 1.82) is 0 Å². The topological polar surface area (TPSA) is 146 Å². The first-order chi connectivity index (χ1) is 19.4. The largest absolute Gasteiger partial charge is 0.508 e. The third kappa shape index (κ3) is 8.39. The van der Waals surface area contributed by atoms with Crippen LogP contribution in [0.1, 0.15) is 38.4 Å². The number of rotatable bonds is 6. The molecule has 0 atom stereocenters. The van der Waals surface area contributed by atoms with Crippen LogP contribution < -0.4 is 9.62 Å². The van der Waals surface area contributed by atoms with Crippen LogP contribution in [0, 0.1) is 11.8 Å². The van der Waals surface area contributed by atoms with Crippen molar-refractivity contribution in [2.75, 3.05) is 36.8 Å². The summed E-state index contributed by atoms with van der Waals surface area (Å²) in [5.74, 6) is 3.60. The van der Waals surface area contributed by atoms with Crippen LogP contribution in [0.4, 0.5) is 19.0 Å². The first kappa shape index (κ1) is 29.3. The monoisotopic (exact) mass is 588 g/mol. The number of alkyl halides is 3. The average Bonchev–Trinajstić information content (AvgIpc) is 2.94. The lowest BCUT2D eigenvalue weighted by Crippen LogP contribution is -2.49. The summed E-state index contributed by atoms with van der Waals surface area (Å²) in [6.45, 7) is 1.48. The molecule has 2 N–H and O–H groups in total. The number of phenolic OH excluding ortho intramolecular Hbond substituents is 1. The fraction of sp³-hybridized carbons (Fsp3) is 0.269. The van der Waals surface area contributed by atoms with Crippen molar-refractivity contribution in [3.05, 3.63) is 77.2 Å². The standard InChI is InChI=1S/C26H23F3N6O5S/c27-26(28,29)8-13-41(39,40)33-24(37)22-6-7-23(32-31-22)34-9-11-35(12-10-34)25(38)20-14-19(16-30-17-20)5-4-18-2-1-3-21(36)15-18/h1-3,6-7,14-17,36H,8-13H2,(H,33,37). The van der Waals surface area contributed by atoms with E-state index in [-0.39, 0.29) is 17.4 Å². The highest BCUT2D eigenvalue weighted by Gasteiger charge is 2.31. The van der Waals surface area contributed by atoms with E-state index in [0.717, 1.165) is 0 Å². The molecule has 3 heterocycles. The van der Waals surface area contributed by atoms with Gasteiger partial charge in [0.1, 0.15) is 5.75 Å². The van der Waals surface area contributed by atoms with Crippen molar-refractivity contribution in [3.8, 4) is 17.6 Å². The van der Waals surface area contributed by atoms with E-state index in [1.54, 1.807) is 27.8 Å². The summed E-state index contributed by atoms with van der Waals surface area (Å²) in [5.41, 5.74) is 1.13. The van der Waals surface area contributed by atoms with E-state index in [1.807, 2.05) is 4.90 Å². The summed E-state index contributed by atoms with van der Waals surface area (Å²) in [4.78, 5) is 32.7.